The van der Waals surface area contributed by atoms with Crippen LogP contribution in [-0.4, -0.2) is 34.2 Å². The first kappa shape index (κ1) is 16.5. The number of halogens is 1. The Morgan fingerprint density at radius 2 is 1.80 bits per heavy atom. The summed E-state index contributed by atoms with van der Waals surface area (Å²) in [6, 6.07) is 6.94. The number of amides is 1. The number of hydrogen-bond donors (Lipinski definition) is 3. The highest BCUT2D eigenvalue weighted by Gasteiger charge is 2.35. The standard InChI is InChI=1S/C14H18ClNO4/c1-13(2,9-6-4-5-7-10(9)15)11(17)16-8-14(3,20)12(18)19/h4-7,20H,8H2,1-3H3,(H,16,17)(H,18,19). The fourth-order valence-electron chi connectivity index (χ4n) is 1.64. The Hall–Kier alpha value is -1.59. The van der Waals surface area contributed by atoms with E-state index in [-0.39, 0.29) is 6.54 Å². The van der Waals surface area contributed by atoms with Gasteiger partial charge < -0.3 is 15.5 Å². The van der Waals surface area contributed by atoms with E-state index in [1.165, 1.54) is 0 Å². The molecular weight excluding hydrogens is 282 g/mol. The van der Waals surface area contributed by atoms with Crippen LogP contribution in [0.3, 0.4) is 0 Å². The molecule has 1 amide bonds. The molecule has 110 valence electrons. The number of carboxylic acid groups (broad SMARTS) is 1. The molecular formula is C14H18ClNO4. The van der Waals surface area contributed by atoms with E-state index in [1.54, 1.807) is 38.1 Å². The molecule has 20 heavy (non-hydrogen) atoms. The highest BCUT2D eigenvalue weighted by atomic mass is 35.5. The molecule has 0 aliphatic heterocycles. The Morgan fingerprint density at radius 1 is 1.25 bits per heavy atom. The smallest absolute Gasteiger partial charge is 0.337 e. The van der Waals surface area contributed by atoms with Gasteiger partial charge in [0.15, 0.2) is 5.60 Å². The predicted octanol–water partition coefficient (Wildman–Crippen LogP) is 1.57. The van der Waals surface area contributed by atoms with Gasteiger partial charge in [0.05, 0.1) is 12.0 Å². The van der Waals surface area contributed by atoms with E-state index in [1.807, 2.05) is 0 Å². The minimum atomic E-state index is -2.01. The van der Waals surface area contributed by atoms with E-state index < -0.39 is 22.9 Å². The second-order valence-corrected chi connectivity index (χ2v) is 5.77. The van der Waals surface area contributed by atoms with Crippen LogP contribution in [-0.2, 0) is 15.0 Å². The molecule has 0 spiro atoms. The van der Waals surface area contributed by atoms with Gasteiger partial charge in [-0.05, 0) is 32.4 Å². The largest absolute Gasteiger partial charge is 0.479 e. The molecule has 0 aliphatic carbocycles. The first-order valence-corrected chi connectivity index (χ1v) is 6.46. The van der Waals surface area contributed by atoms with Crippen LogP contribution in [0, 0.1) is 0 Å². The normalized spacial score (nSPS) is 14.4. The Labute approximate surface area is 122 Å². The number of carbonyl (C=O) groups excluding carboxylic acids is 1. The summed E-state index contributed by atoms with van der Waals surface area (Å²) in [5.41, 5.74) is -2.31. The molecule has 0 saturated carbocycles. The lowest BCUT2D eigenvalue weighted by Gasteiger charge is -2.27. The van der Waals surface area contributed by atoms with Crippen LogP contribution >= 0.6 is 11.6 Å². The van der Waals surface area contributed by atoms with Crippen molar-refractivity contribution in [3.05, 3.63) is 34.9 Å². The summed E-state index contributed by atoms with van der Waals surface area (Å²) in [5, 5.41) is 21.3. The molecule has 1 aromatic rings. The summed E-state index contributed by atoms with van der Waals surface area (Å²) in [5.74, 6) is -1.81. The van der Waals surface area contributed by atoms with Crippen molar-refractivity contribution in [2.24, 2.45) is 0 Å². The number of rotatable bonds is 5. The highest BCUT2D eigenvalue weighted by Crippen LogP contribution is 2.29. The maximum absolute atomic E-state index is 12.2. The molecule has 0 heterocycles. The maximum atomic E-state index is 12.2. The summed E-state index contributed by atoms with van der Waals surface area (Å²) < 4.78 is 0. The Morgan fingerprint density at radius 3 is 2.30 bits per heavy atom. The quantitative estimate of drug-likeness (QED) is 0.770. The molecule has 0 aromatic heterocycles. The van der Waals surface area contributed by atoms with Crippen molar-refractivity contribution in [2.45, 2.75) is 31.8 Å². The zero-order chi connectivity index (χ0) is 15.6. The summed E-state index contributed by atoms with van der Waals surface area (Å²) in [7, 11) is 0. The molecule has 0 fully saturated rings. The molecule has 1 unspecified atom stereocenters. The van der Waals surface area contributed by atoms with Gasteiger partial charge in [-0.25, -0.2) is 4.79 Å². The highest BCUT2D eigenvalue weighted by molar-refractivity contribution is 6.31. The molecule has 0 bridgehead atoms. The fraction of sp³-hybridized carbons (Fsp3) is 0.429. The number of benzene rings is 1. The molecule has 1 aromatic carbocycles. The van der Waals surface area contributed by atoms with Crippen molar-refractivity contribution >= 4 is 23.5 Å². The molecule has 5 nitrogen and oxygen atoms in total. The topological polar surface area (TPSA) is 86.6 Å². The Bertz CT molecular complexity index is 526. The third kappa shape index (κ3) is 3.49. The number of carbonyl (C=O) groups is 2. The van der Waals surface area contributed by atoms with Crippen LogP contribution in [0.1, 0.15) is 26.3 Å². The number of aliphatic hydroxyl groups is 1. The van der Waals surface area contributed by atoms with Gasteiger partial charge in [0.1, 0.15) is 0 Å². The zero-order valence-electron chi connectivity index (χ0n) is 11.6. The van der Waals surface area contributed by atoms with Crippen LogP contribution in [0.5, 0.6) is 0 Å². The molecule has 6 heteroatoms. The van der Waals surface area contributed by atoms with Crippen molar-refractivity contribution in [1.82, 2.24) is 5.32 Å². The van der Waals surface area contributed by atoms with Crippen LogP contribution < -0.4 is 5.32 Å². The average Bonchev–Trinajstić information content (AvgIpc) is 2.36. The van der Waals surface area contributed by atoms with Crippen LogP contribution in [0.25, 0.3) is 0 Å². The van der Waals surface area contributed by atoms with Gasteiger partial charge >= 0.3 is 5.97 Å². The summed E-state index contributed by atoms with van der Waals surface area (Å²) in [4.78, 5) is 23.0. The molecule has 1 rings (SSSR count). The number of nitrogens with one attached hydrogen (secondary N) is 1. The van der Waals surface area contributed by atoms with Crippen LogP contribution in [0.15, 0.2) is 24.3 Å². The first-order valence-electron chi connectivity index (χ1n) is 6.08. The van der Waals surface area contributed by atoms with Crippen molar-refractivity contribution in [3.63, 3.8) is 0 Å². The molecule has 0 radical (unpaired) electrons. The molecule has 0 aliphatic rings. The summed E-state index contributed by atoms with van der Waals surface area (Å²) in [6.07, 6.45) is 0. The average molecular weight is 300 g/mol. The van der Waals surface area contributed by atoms with Crippen LogP contribution in [0.2, 0.25) is 5.02 Å². The van der Waals surface area contributed by atoms with Gasteiger partial charge in [-0.15, -0.1) is 0 Å². The Balaban J connectivity index is 2.87. The van der Waals surface area contributed by atoms with Crippen molar-refractivity contribution in [3.8, 4) is 0 Å². The second kappa shape index (κ2) is 5.81. The minimum absolute atomic E-state index is 0.380. The summed E-state index contributed by atoms with van der Waals surface area (Å²) in [6.45, 7) is 4.10. The number of carboxylic acids is 1. The third-order valence-corrected chi connectivity index (χ3v) is 3.50. The first-order chi connectivity index (χ1) is 9.09. The van der Waals surface area contributed by atoms with E-state index in [0.29, 0.717) is 10.6 Å². The van der Waals surface area contributed by atoms with Gasteiger partial charge in [-0.3, -0.25) is 4.79 Å². The second-order valence-electron chi connectivity index (χ2n) is 5.37. The van der Waals surface area contributed by atoms with E-state index in [0.717, 1.165) is 6.92 Å². The van der Waals surface area contributed by atoms with E-state index in [4.69, 9.17) is 16.7 Å². The van der Waals surface area contributed by atoms with E-state index in [9.17, 15) is 14.7 Å². The fourth-order valence-corrected chi connectivity index (χ4v) is 2.01. The van der Waals surface area contributed by atoms with Crippen molar-refractivity contribution in [2.75, 3.05) is 6.54 Å². The van der Waals surface area contributed by atoms with Crippen molar-refractivity contribution < 1.29 is 19.8 Å². The van der Waals surface area contributed by atoms with Gasteiger partial charge in [-0.1, -0.05) is 29.8 Å². The lowest BCUT2D eigenvalue weighted by atomic mass is 9.83. The number of hydrogen-bond acceptors (Lipinski definition) is 3. The molecule has 3 N–H and O–H groups in total. The molecule has 1 atom stereocenters. The van der Waals surface area contributed by atoms with Gasteiger partial charge in [0.2, 0.25) is 5.91 Å². The lowest BCUT2D eigenvalue weighted by molar-refractivity contribution is -0.156. The number of aliphatic carboxylic acids is 1. The monoisotopic (exact) mass is 299 g/mol. The SMILES string of the molecule is CC(O)(CNC(=O)C(C)(C)c1ccccc1Cl)C(=O)O. The van der Waals surface area contributed by atoms with Gasteiger partial charge in [-0.2, -0.15) is 0 Å². The minimum Gasteiger partial charge on any atom is -0.479 e. The van der Waals surface area contributed by atoms with Crippen molar-refractivity contribution in [1.29, 1.82) is 0 Å². The zero-order valence-corrected chi connectivity index (χ0v) is 12.4. The van der Waals surface area contributed by atoms with Gasteiger partial charge in [0.25, 0.3) is 0 Å². The van der Waals surface area contributed by atoms with E-state index >= 15 is 0 Å². The molecule has 0 saturated heterocycles. The predicted molar refractivity (Wildman–Crippen MR) is 75.7 cm³/mol. The maximum Gasteiger partial charge on any atom is 0.337 e. The van der Waals surface area contributed by atoms with Crippen LogP contribution in [0.4, 0.5) is 0 Å². The lowest BCUT2D eigenvalue weighted by Crippen LogP contribution is -2.50. The third-order valence-electron chi connectivity index (χ3n) is 3.17. The Kier molecular flexibility index (Phi) is 4.78. The summed E-state index contributed by atoms with van der Waals surface area (Å²) >= 11 is 6.07. The van der Waals surface area contributed by atoms with Gasteiger partial charge in [0, 0.05) is 5.02 Å². The van der Waals surface area contributed by atoms with E-state index in [2.05, 4.69) is 5.32 Å².